The quantitative estimate of drug-likeness (QED) is 0.553. The lowest BCUT2D eigenvalue weighted by molar-refractivity contribution is -0.146. The van der Waals surface area contributed by atoms with Crippen LogP contribution in [0.2, 0.25) is 0 Å². The molecule has 1 aliphatic heterocycles. The number of esters is 1. The molecule has 2 aromatic carbocycles. The van der Waals surface area contributed by atoms with E-state index in [9.17, 15) is 21.6 Å². The molecule has 0 amide bonds. The van der Waals surface area contributed by atoms with Gasteiger partial charge in [-0.2, -0.15) is 4.72 Å². The Morgan fingerprint density at radius 2 is 1.78 bits per heavy atom. The lowest BCUT2D eigenvalue weighted by Gasteiger charge is -2.19. The number of anilines is 1. The molecule has 1 atom stereocenters. The third kappa shape index (κ3) is 5.67. The van der Waals surface area contributed by atoms with Gasteiger partial charge in [0.25, 0.3) is 0 Å². The van der Waals surface area contributed by atoms with Gasteiger partial charge in [0.05, 0.1) is 23.4 Å². The summed E-state index contributed by atoms with van der Waals surface area (Å²) in [6, 6.07) is 11.6. The fourth-order valence-corrected chi connectivity index (χ4v) is 5.64. The summed E-state index contributed by atoms with van der Waals surface area (Å²) in [4.78, 5) is 12.7. The van der Waals surface area contributed by atoms with Crippen molar-refractivity contribution in [3.63, 3.8) is 0 Å². The first-order valence-electron chi connectivity index (χ1n) is 10.3. The maximum absolute atomic E-state index is 13.1. The van der Waals surface area contributed by atoms with E-state index in [1.54, 1.807) is 30.3 Å². The summed E-state index contributed by atoms with van der Waals surface area (Å²) in [7, 11) is -7.53. The summed E-state index contributed by atoms with van der Waals surface area (Å²) in [5.41, 5.74) is 1.56. The van der Waals surface area contributed by atoms with Crippen molar-refractivity contribution in [1.82, 2.24) is 4.72 Å². The van der Waals surface area contributed by atoms with Gasteiger partial charge in [0.15, 0.2) is 0 Å². The molecule has 1 aliphatic rings. The molecule has 1 heterocycles. The van der Waals surface area contributed by atoms with E-state index in [-0.39, 0.29) is 18.0 Å². The van der Waals surface area contributed by atoms with E-state index in [1.807, 2.05) is 13.8 Å². The normalized spacial score (nSPS) is 14.9. The van der Waals surface area contributed by atoms with Gasteiger partial charge in [-0.15, -0.1) is 0 Å². The van der Waals surface area contributed by atoms with Gasteiger partial charge < -0.3 is 4.74 Å². The van der Waals surface area contributed by atoms with Crippen molar-refractivity contribution in [2.75, 3.05) is 23.7 Å². The van der Waals surface area contributed by atoms with Crippen LogP contribution in [0, 0.1) is 5.92 Å². The molecule has 174 valence electrons. The van der Waals surface area contributed by atoms with Crippen molar-refractivity contribution in [3.05, 3.63) is 59.7 Å². The van der Waals surface area contributed by atoms with Gasteiger partial charge in [-0.1, -0.05) is 44.2 Å². The molecule has 2 aromatic rings. The number of nitrogens with one attached hydrogen (secondary N) is 1. The highest BCUT2D eigenvalue weighted by atomic mass is 32.2. The molecule has 0 bridgehead atoms. The van der Waals surface area contributed by atoms with E-state index in [0.29, 0.717) is 35.6 Å². The van der Waals surface area contributed by atoms with Crippen LogP contribution >= 0.6 is 0 Å². The average Bonchev–Trinajstić information content (AvgIpc) is 3.16. The predicted octanol–water partition coefficient (Wildman–Crippen LogP) is 2.62. The number of nitrogens with zero attached hydrogens (tertiary/aromatic N) is 1. The highest BCUT2D eigenvalue weighted by Gasteiger charge is 2.31. The zero-order valence-electron chi connectivity index (χ0n) is 18.3. The summed E-state index contributed by atoms with van der Waals surface area (Å²) in [5, 5.41) is 0. The van der Waals surface area contributed by atoms with E-state index >= 15 is 0 Å². The van der Waals surface area contributed by atoms with E-state index < -0.39 is 32.1 Å². The molecule has 0 radical (unpaired) electrons. The molecule has 8 nitrogen and oxygen atoms in total. The highest BCUT2D eigenvalue weighted by molar-refractivity contribution is 7.92. The van der Waals surface area contributed by atoms with Crippen LogP contribution in [0.25, 0.3) is 0 Å². The number of carbonyl (C=O) groups excluding carboxylic acids is 1. The Labute approximate surface area is 189 Å². The smallest absolute Gasteiger partial charge is 0.328 e. The van der Waals surface area contributed by atoms with E-state index in [1.165, 1.54) is 22.5 Å². The molecular formula is C22H28N2O6S2. The molecule has 32 heavy (non-hydrogen) atoms. The van der Waals surface area contributed by atoms with Crippen molar-refractivity contribution in [1.29, 1.82) is 0 Å². The van der Waals surface area contributed by atoms with Crippen LogP contribution < -0.4 is 9.03 Å². The number of sulfonamides is 2. The van der Waals surface area contributed by atoms with Crippen molar-refractivity contribution in [2.45, 2.75) is 37.6 Å². The average molecular weight is 481 g/mol. The molecule has 0 saturated heterocycles. The molecule has 0 saturated carbocycles. The van der Waals surface area contributed by atoms with Gasteiger partial charge in [0.2, 0.25) is 20.0 Å². The Morgan fingerprint density at radius 1 is 1.09 bits per heavy atom. The number of carbonyl (C=O) groups is 1. The number of benzene rings is 2. The molecule has 0 aliphatic carbocycles. The standard InChI is InChI=1S/C22H28N2O6S2/c1-16(2)12-14-30-22(25)21(17-7-5-4-6-8-17)23-32(28,29)19-9-10-20-18(15-19)11-13-24(20)31(3,26)27/h4-10,15-16,21,23H,11-14H2,1-3H3. The molecule has 3 rings (SSSR count). The SMILES string of the molecule is CC(C)CCOC(=O)C(NS(=O)(=O)c1ccc2c(c1)CCN2S(C)(=O)=O)c1ccccc1. The lowest BCUT2D eigenvalue weighted by Crippen LogP contribution is -2.35. The van der Waals surface area contributed by atoms with Crippen molar-refractivity contribution in [3.8, 4) is 0 Å². The first-order chi connectivity index (χ1) is 15.0. The third-order valence-electron chi connectivity index (χ3n) is 5.20. The lowest BCUT2D eigenvalue weighted by atomic mass is 10.1. The Bertz CT molecular complexity index is 1180. The Hall–Kier alpha value is -2.43. The Morgan fingerprint density at radius 3 is 2.41 bits per heavy atom. The Balaban J connectivity index is 1.87. The number of hydrogen-bond donors (Lipinski definition) is 1. The fraction of sp³-hybridized carbons (Fsp3) is 0.409. The predicted molar refractivity (Wildman–Crippen MR) is 122 cm³/mol. The number of rotatable bonds is 9. The van der Waals surface area contributed by atoms with Crippen molar-refractivity contribution in [2.24, 2.45) is 5.92 Å². The minimum atomic E-state index is -4.09. The van der Waals surface area contributed by atoms with Gasteiger partial charge in [0, 0.05) is 6.54 Å². The highest BCUT2D eigenvalue weighted by Crippen LogP contribution is 2.32. The van der Waals surface area contributed by atoms with Gasteiger partial charge in [0.1, 0.15) is 6.04 Å². The first-order valence-corrected chi connectivity index (χ1v) is 13.7. The maximum Gasteiger partial charge on any atom is 0.328 e. The summed E-state index contributed by atoms with van der Waals surface area (Å²) >= 11 is 0. The van der Waals surface area contributed by atoms with Crippen molar-refractivity contribution >= 4 is 31.7 Å². The van der Waals surface area contributed by atoms with Crippen LogP contribution in [-0.4, -0.2) is 42.2 Å². The number of fused-ring (bicyclic) bond motifs is 1. The van der Waals surface area contributed by atoms with Gasteiger partial charge in [-0.3, -0.25) is 4.31 Å². The summed E-state index contributed by atoms with van der Waals surface area (Å²) in [5.74, 6) is -0.336. The molecular weight excluding hydrogens is 452 g/mol. The van der Waals surface area contributed by atoms with E-state index in [2.05, 4.69) is 4.72 Å². The fourth-order valence-electron chi connectivity index (χ4n) is 3.46. The van der Waals surface area contributed by atoms with Crippen LogP contribution in [0.1, 0.15) is 37.4 Å². The van der Waals surface area contributed by atoms with Crippen LogP contribution in [0.3, 0.4) is 0 Å². The monoisotopic (exact) mass is 480 g/mol. The van der Waals surface area contributed by atoms with Crippen LogP contribution in [0.15, 0.2) is 53.4 Å². The molecule has 0 fully saturated rings. The maximum atomic E-state index is 13.1. The molecule has 0 spiro atoms. The van der Waals surface area contributed by atoms with Gasteiger partial charge in [-0.25, -0.2) is 21.6 Å². The number of ether oxygens (including phenoxy) is 1. The van der Waals surface area contributed by atoms with Gasteiger partial charge >= 0.3 is 5.97 Å². The molecule has 1 N–H and O–H groups in total. The second-order valence-corrected chi connectivity index (χ2v) is 11.8. The van der Waals surface area contributed by atoms with Gasteiger partial charge in [-0.05, 0) is 48.1 Å². The second kappa shape index (κ2) is 9.60. The van der Waals surface area contributed by atoms with Crippen molar-refractivity contribution < 1.29 is 26.4 Å². The number of hydrogen-bond acceptors (Lipinski definition) is 6. The minimum absolute atomic E-state index is 0.0393. The van der Waals surface area contributed by atoms with E-state index in [0.717, 1.165) is 6.26 Å². The van der Waals surface area contributed by atoms with E-state index in [4.69, 9.17) is 4.74 Å². The van der Waals surface area contributed by atoms with Crippen LogP contribution in [-0.2, 0) is 36.0 Å². The third-order valence-corrected chi connectivity index (χ3v) is 7.80. The van der Waals surface area contributed by atoms with Crippen LogP contribution in [0.4, 0.5) is 5.69 Å². The minimum Gasteiger partial charge on any atom is -0.464 e. The Kier molecular flexibility index (Phi) is 7.26. The topological polar surface area (TPSA) is 110 Å². The zero-order valence-corrected chi connectivity index (χ0v) is 19.9. The summed E-state index contributed by atoms with van der Waals surface area (Å²) < 4.78 is 59.2. The van der Waals surface area contributed by atoms with Crippen LogP contribution in [0.5, 0.6) is 0 Å². The first kappa shape index (κ1) is 24.2. The largest absolute Gasteiger partial charge is 0.464 e. The summed E-state index contributed by atoms with van der Waals surface area (Å²) in [6.07, 6.45) is 2.19. The second-order valence-electron chi connectivity index (χ2n) is 8.19. The zero-order chi connectivity index (χ0) is 23.5. The molecule has 0 aromatic heterocycles. The summed E-state index contributed by atoms with van der Waals surface area (Å²) in [6.45, 7) is 4.47. The molecule has 1 unspecified atom stereocenters. The molecule has 10 heteroatoms.